The molecule has 104 valence electrons. The van der Waals surface area contributed by atoms with E-state index in [9.17, 15) is 13.2 Å². The Bertz CT molecular complexity index is 736. The molecule has 2 aromatic carbocycles. The van der Waals surface area contributed by atoms with Crippen molar-refractivity contribution in [1.82, 2.24) is 0 Å². The van der Waals surface area contributed by atoms with E-state index in [4.69, 9.17) is 4.55 Å². The van der Waals surface area contributed by atoms with Gasteiger partial charge in [0, 0.05) is 11.3 Å². The summed E-state index contributed by atoms with van der Waals surface area (Å²) in [4.78, 5) is 11.7. The van der Waals surface area contributed by atoms with Crippen LogP contribution in [0.2, 0.25) is 0 Å². The van der Waals surface area contributed by atoms with Gasteiger partial charge in [-0.1, -0.05) is 23.8 Å². The van der Waals surface area contributed by atoms with Crippen LogP contribution in [0.1, 0.15) is 15.9 Å². The summed E-state index contributed by atoms with van der Waals surface area (Å²) >= 11 is 0. The van der Waals surface area contributed by atoms with E-state index in [1.165, 1.54) is 18.2 Å². The lowest BCUT2D eigenvalue weighted by atomic mass is 10.2. The average Bonchev–Trinajstić information content (AvgIpc) is 2.40. The van der Waals surface area contributed by atoms with Crippen LogP contribution in [0.15, 0.2) is 53.4 Å². The molecular formula is C14H13NO4S. The van der Waals surface area contributed by atoms with E-state index in [0.29, 0.717) is 5.69 Å². The first-order chi connectivity index (χ1) is 9.36. The second kappa shape index (κ2) is 5.44. The molecular weight excluding hydrogens is 278 g/mol. The Morgan fingerprint density at radius 2 is 1.75 bits per heavy atom. The molecule has 5 nitrogen and oxygen atoms in total. The number of aryl methyl sites for hydroxylation is 1. The molecule has 0 saturated carbocycles. The van der Waals surface area contributed by atoms with Crippen molar-refractivity contribution in [3.05, 3.63) is 59.7 Å². The van der Waals surface area contributed by atoms with Gasteiger partial charge in [0.15, 0.2) is 0 Å². The summed E-state index contributed by atoms with van der Waals surface area (Å²) in [7, 11) is -4.32. The summed E-state index contributed by atoms with van der Waals surface area (Å²) in [5, 5.41) is 2.65. The Hall–Kier alpha value is -2.18. The van der Waals surface area contributed by atoms with Gasteiger partial charge in [-0.25, -0.2) is 0 Å². The van der Waals surface area contributed by atoms with Crippen molar-refractivity contribution in [3.8, 4) is 0 Å². The van der Waals surface area contributed by atoms with Crippen LogP contribution in [0.5, 0.6) is 0 Å². The Morgan fingerprint density at radius 1 is 1.10 bits per heavy atom. The lowest BCUT2D eigenvalue weighted by Crippen LogP contribution is -2.12. The van der Waals surface area contributed by atoms with Crippen LogP contribution in [-0.2, 0) is 10.1 Å². The van der Waals surface area contributed by atoms with E-state index >= 15 is 0 Å². The number of carbonyl (C=O) groups excluding carboxylic acids is 1. The normalized spacial score (nSPS) is 11.1. The summed E-state index contributed by atoms with van der Waals surface area (Å²) in [6.45, 7) is 1.93. The molecule has 2 aromatic rings. The fraction of sp³-hybridized carbons (Fsp3) is 0.0714. The monoisotopic (exact) mass is 291 g/mol. The number of amides is 1. The standard InChI is InChI=1S/C14H13NO4S/c1-10-5-7-12(8-6-10)15-14(16)11-3-2-4-13(9-11)20(17,18)19/h2-9H,1H3,(H,15,16)(H,17,18,19). The molecule has 0 aliphatic carbocycles. The van der Waals surface area contributed by atoms with Crippen molar-refractivity contribution in [2.75, 3.05) is 5.32 Å². The Kier molecular flexibility index (Phi) is 3.87. The van der Waals surface area contributed by atoms with Gasteiger partial charge in [-0.3, -0.25) is 9.35 Å². The van der Waals surface area contributed by atoms with Gasteiger partial charge >= 0.3 is 0 Å². The zero-order valence-electron chi connectivity index (χ0n) is 10.7. The molecule has 0 aliphatic heterocycles. The Balaban J connectivity index is 2.23. The molecule has 0 atom stereocenters. The molecule has 0 aliphatic rings. The quantitative estimate of drug-likeness (QED) is 0.851. The predicted octanol–water partition coefficient (Wildman–Crippen LogP) is 2.49. The average molecular weight is 291 g/mol. The zero-order chi connectivity index (χ0) is 14.8. The minimum absolute atomic E-state index is 0.153. The highest BCUT2D eigenvalue weighted by molar-refractivity contribution is 7.85. The fourth-order valence-electron chi connectivity index (χ4n) is 1.64. The molecule has 0 bridgehead atoms. The number of hydrogen-bond donors (Lipinski definition) is 2. The van der Waals surface area contributed by atoms with E-state index in [2.05, 4.69) is 5.32 Å². The van der Waals surface area contributed by atoms with Crippen molar-refractivity contribution in [2.24, 2.45) is 0 Å². The highest BCUT2D eigenvalue weighted by atomic mass is 32.2. The summed E-state index contributed by atoms with van der Waals surface area (Å²) < 4.78 is 31.0. The van der Waals surface area contributed by atoms with Crippen LogP contribution in [0.3, 0.4) is 0 Å². The molecule has 0 unspecified atom stereocenters. The van der Waals surface area contributed by atoms with E-state index in [0.717, 1.165) is 11.6 Å². The topological polar surface area (TPSA) is 83.5 Å². The molecule has 0 aromatic heterocycles. The number of carbonyl (C=O) groups is 1. The summed E-state index contributed by atoms with van der Waals surface area (Å²) in [6, 6.07) is 12.4. The molecule has 0 radical (unpaired) electrons. The molecule has 20 heavy (non-hydrogen) atoms. The van der Waals surface area contributed by atoms with Crippen LogP contribution < -0.4 is 5.32 Å². The molecule has 0 heterocycles. The van der Waals surface area contributed by atoms with Crippen molar-refractivity contribution in [1.29, 1.82) is 0 Å². The molecule has 2 rings (SSSR count). The van der Waals surface area contributed by atoms with Crippen molar-refractivity contribution in [3.63, 3.8) is 0 Å². The van der Waals surface area contributed by atoms with Crippen LogP contribution >= 0.6 is 0 Å². The SMILES string of the molecule is Cc1ccc(NC(=O)c2cccc(S(=O)(=O)O)c2)cc1. The third-order valence-electron chi connectivity index (χ3n) is 2.70. The predicted molar refractivity (Wildman–Crippen MR) is 75.4 cm³/mol. The second-order valence-corrected chi connectivity index (χ2v) is 5.74. The first kappa shape index (κ1) is 14.2. The number of rotatable bonds is 3. The number of benzene rings is 2. The Labute approximate surface area is 117 Å². The van der Waals surface area contributed by atoms with Gasteiger partial charge < -0.3 is 5.32 Å². The number of nitrogens with one attached hydrogen (secondary N) is 1. The Morgan fingerprint density at radius 3 is 2.35 bits per heavy atom. The first-order valence-electron chi connectivity index (χ1n) is 5.82. The molecule has 6 heteroatoms. The van der Waals surface area contributed by atoms with Gasteiger partial charge in [-0.15, -0.1) is 0 Å². The minimum atomic E-state index is -4.32. The van der Waals surface area contributed by atoms with Crippen LogP contribution in [0.25, 0.3) is 0 Å². The molecule has 0 spiro atoms. The smallest absolute Gasteiger partial charge is 0.294 e. The van der Waals surface area contributed by atoms with Crippen LogP contribution in [0.4, 0.5) is 5.69 Å². The summed E-state index contributed by atoms with van der Waals surface area (Å²) in [6.07, 6.45) is 0. The highest BCUT2D eigenvalue weighted by Crippen LogP contribution is 2.14. The van der Waals surface area contributed by atoms with Crippen LogP contribution in [-0.4, -0.2) is 18.9 Å². The zero-order valence-corrected chi connectivity index (χ0v) is 11.5. The van der Waals surface area contributed by atoms with E-state index in [1.54, 1.807) is 12.1 Å². The van der Waals surface area contributed by atoms with E-state index in [1.807, 2.05) is 19.1 Å². The third-order valence-corrected chi connectivity index (χ3v) is 3.55. The van der Waals surface area contributed by atoms with Gasteiger partial charge in [0.25, 0.3) is 16.0 Å². The number of anilines is 1. The molecule has 0 fully saturated rings. The lowest BCUT2D eigenvalue weighted by Gasteiger charge is -2.06. The third kappa shape index (κ3) is 3.43. The molecule has 0 saturated heterocycles. The first-order valence-corrected chi connectivity index (χ1v) is 7.26. The fourth-order valence-corrected chi connectivity index (χ4v) is 2.16. The minimum Gasteiger partial charge on any atom is -0.322 e. The maximum Gasteiger partial charge on any atom is 0.294 e. The lowest BCUT2D eigenvalue weighted by molar-refractivity contribution is 0.102. The van der Waals surface area contributed by atoms with Gasteiger partial charge in [-0.2, -0.15) is 8.42 Å². The van der Waals surface area contributed by atoms with Crippen molar-refractivity contribution in [2.45, 2.75) is 11.8 Å². The maximum atomic E-state index is 12.0. The van der Waals surface area contributed by atoms with Gasteiger partial charge in [0.05, 0.1) is 4.90 Å². The summed E-state index contributed by atoms with van der Waals surface area (Å²) in [5.41, 5.74) is 1.83. The summed E-state index contributed by atoms with van der Waals surface area (Å²) in [5.74, 6) is -0.445. The van der Waals surface area contributed by atoms with E-state index < -0.39 is 16.0 Å². The highest BCUT2D eigenvalue weighted by Gasteiger charge is 2.13. The number of hydrogen-bond acceptors (Lipinski definition) is 3. The van der Waals surface area contributed by atoms with Gasteiger partial charge in [-0.05, 0) is 37.3 Å². The van der Waals surface area contributed by atoms with Gasteiger partial charge in [0.1, 0.15) is 0 Å². The molecule has 1 amide bonds. The largest absolute Gasteiger partial charge is 0.322 e. The molecule has 2 N–H and O–H groups in total. The second-order valence-electron chi connectivity index (χ2n) is 4.32. The van der Waals surface area contributed by atoms with E-state index in [-0.39, 0.29) is 10.5 Å². The maximum absolute atomic E-state index is 12.0. The van der Waals surface area contributed by atoms with Crippen molar-refractivity contribution >= 4 is 21.7 Å². The van der Waals surface area contributed by atoms with Gasteiger partial charge in [0.2, 0.25) is 0 Å². The van der Waals surface area contributed by atoms with Crippen LogP contribution in [0, 0.1) is 6.92 Å². The van der Waals surface area contributed by atoms with Crippen molar-refractivity contribution < 1.29 is 17.8 Å².